The van der Waals surface area contributed by atoms with Gasteiger partial charge in [-0.1, -0.05) is 28.9 Å². The third-order valence-electron chi connectivity index (χ3n) is 4.73. The van der Waals surface area contributed by atoms with Crippen molar-refractivity contribution in [3.63, 3.8) is 0 Å². The van der Waals surface area contributed by atoms with E-state index in [4.69, 9.17) is 16.1 Å². The molecule has 3 heterocycles. The van der Waals surface area contributed by atoms with E-state index in [1.165, 1.54) is 12.8 Å². The molecule has 1 N–H and O–H groups in total. The molecule has 8 heteroatoms. The van der Waals surface area contributed by atoms with Gasteiger partial charge in [0, 0.05) is 36.9 Å². The molecule has 2 aromatic heterocycles. The number of carbonyl (C=O) groups excluding carboxylic acids is 1. The van der Waals surface area contributed by atoms with Gasteiger partial charge in [0.25, 0.3) is 5.91 Å². The van der Waals surface area contributed by atoms with Gasteiger partial charge in [-0.2, -0.15) is 4.98 Å². The molecule has 0 spiro atoms. The molecule has 0 aliphatic carbocycles. The van der Waals surface area contributed by atoms with E-state index in [-0.39, 0.29) is 5.91 Å². The van der Waals surface area contributed by atoms with E-state index in [1.54, 1.807) is 25.3 Å². The Balaban J connectivity index is 1.60. The van der Waals surface area contributed by atoms with Gasteiger partial charge in [-0.05, 0) is 42.7 Å². The maximum atomic E-state index is 12.9. The molecule has 1 amide bonds. The molecule has 144 valence electrons. The van der Waals surface area contributed by atoms with Crippen LogP contribution in [0.25, 0.3) is 0 Å². The van der Waals surface area contributed by atoms with Crippen LogP contribution < -0.4 is 10.2 Å². The van der Waals surface area contributed by atoms with Gasteiger partial charge in [-0.25, -0.2) is 0 Å². The van der Waals surface area contributed by atoms with Gasteiger partial charge < -0.3 is 14.7 Å². The third-order valence-corrected chi connectivity index (χ3v) is 4.98. The topological polar surface area (TPSA) is 84.2 Å². The third kappa shape index (κ3) is 3.99. The lowest BCUT2D eigenvalue weighted by Crippen LogP contribution is -2.31. The molecule has 7 nitrogen and oxygen atoms in total. The number of hydrogen-bond donors (Lipinski definition) is 1. The van der Waals surface area contributed by atoms with Crippen LogP contribution in [-0.2, 0) is 0 Å². The lowest BCUT2D eigenvalue weighted by molar-refractivity contribution is 0.0936. The Hall–Kier alpha value is -2.93. The van der Waals surface area contributed by atoms with Crippen molar-refractivity contribution in [1.82, 2.24) is 20.4 Å². The van der Waals surface area contributed by atoms with Crippen molar-refractivity contribution in [2.24, 2.45) is 0 Å². The molecular formula is C20H20ClN5O2. The lowest BCUT2D eigenvalue weighted by Gasteiger charge is -2.19. The first kappa shape index (κ1) is 18.4. The van der Waals surface area contributed by atoms with Gasteiger partial charge in [0.1, 0.15) is 11.7 Å². The number of halogens is 1. The molecule has 1 aliphatic rings. The number of pyridine rings is 1. The van der Waals surface area contributed by atoms with Crippen LogP contribution in [0.2, 0.25) is 5.02 Å². The fourth-order valence-corrected chi connectivity index (χ4v) is 3.43. The minimum atomic E-state index is -0.570. The van der Waals surface area contributed by atoms with Crippen molar-refractivity contribution in [2.75, 3.05) is 18.0 Å². The van der Waals surface area contributed by atoms with Crippen LogP contribution in [0.15, 0.2) is 47.1 Å². The summed E-state index contributed by atoms with van der Waals surface area (Å²) in [5.41, 5.74) is 2.16. The number of benzene rings is 1. The SMILES string of the molecule is Cc1nc(C(NC(=O)c2cc(N3CCCC3)ccn2)c2ccc(Cl)cc2)no1. The molecule has 1 atom stereocenters. The second-order valence-corrected chi connectivity index (χ2v) is 7.16. The summed E-state index contributed by atoms with van der Waals surface area (Å²) in [6, 6.07) is 10.4. The zero-order chi connectivity index (χ0) is 19.5. The summed E-state index contributed by atoms with van der Waals surface area (Å²) >= 11 is 6.00. The normalized spacial score (nSPS) is 14.9. The van der Waals surface area contributed by atoms with Crippen LogP contribution in [0, 0.1) is 6.92 Å². The number of amides is 1. The number of hydrogen-bond acceptors (Lipinski definition) is 6. The van der Waals surface area contributed by atoms with Crippen molar-refractivity contribution in [1.29, 1.82) is 0 Å². The molecule has 1 aliphatic heterocycles. The maximum absolute atomic E-state index is 12.9. The molecule has 0 radical (unpaired) electrons. The zero-order valence-electron chi connectivity index (χ0n) is 15.4. The van der Waals surface area contributed by atoms with E-state index in [9.17, 15) is 4.79 Å². The predicted molar refractivity (Wildman–Crippen MR) is 105 cm³/mol. The molecule has 1 saturated heterocycles. The quantitative estimate of drug-likeness (QED) is 0.708. The van der Waals surface area contributed by atoms with Gasteiger partial charge in [0.2, 0.25) is 5.89 Å². The second kappa shape index (κ2) is 7.98. The van der Waals surface area contributed by atoms with Crippen molar-refractivity contribution in [3.8, 4) is 0 Å². The number of aromatic nitrogens is 3. The number of nitrogens with one attached hydrogen (secondary N) is 1. The average Bonchev–Trinajstić information content (AvgIpc) is 3.39. The first-order chi connectivity index (χ1) is 13.6. The molecule has 28 heavy (non-hydrogen) atoms. The first-order valence-electron chi connectivity index (χ1n) is 9.18. The van der Waals surface area contributed by atoms with Crippen LogP contribution in [0.1, 0.15) is 46.7 Å². The Bertz CT molecular complexity index is 967. The number of nitrogens with zero attached hydrogens (tertiary/aromatic N) is 4. The van der Waals surface area contributed by atoms with Gasteiger partial charge in [0.05, 0.1) is 0 Å². The maximum Gasteiger partial charge on any atom is 0.270 e. The highest BCUT2D eigenvalue weighted by atomic mass is 35.5. The number of anilines is 1. The second-order valence-electron chi connectivity index (χ2n) is 6.72. The first-order valence-corrected chi connectivity index (χ1v) is 9.55. The van der Waals surface area contributed by atoms with Gasteiger partial charge in [-0.15, -0.1) is 0 Å². The minimum Gasteiger partial charge on any atom is -0.371 e. The summed E-state index contributed by atoms with van der Waals surface area (Å²) < 4.78 is 5.10. The fraction of sp³-hybridized carbons (Fsp3) is 0.300. The van der Waals surface area contributed by atoms with E-state index < -0.39 is 6.04 Å². The largest absolute Gasteiger partial charge is 0.371 e. The van der Waals surface area contributed by atoms with E-state index in [0.717, 1.165) is 24.3 Å². The lowest BCUT2D eigenvalue weighted by atomic mass is 10.1. The standard InChI is InChI=1S/C20H20ClN5O2/c1-13-23-19(25-28-13)18(14-4-6-15(21)7-5-14)24-20(27)17-12-16(8-9-22-17)26-10-2-3-11-26/h4-9,12,18H,2-3,10-11H2,1H3,(H,24,27). The van der Waals surface area contributed by atoms with Crippen LogP contribution in [0.5, 0.6) is 0 Å². The smallest absolute Gasteiger partial charge is 0.270 e. The van der Waals surface area contributed by atoms with Gasteiger partial charge in [-0.3, -0.25) is 9.78 Å². The van der Waals surface area contributed by atoms with E-state index >= 15 is 0 Å². The Labute approximate surface area is 167 Å². The summed E-state index contributed by atoms with van der Waals surface area (Å²) in [7, 11) is 0. The van der Waals surface area contributed by atoms with Crippen LogP contribution in [0.4, 0.5) is 5.69 Å². The minimum absolute atomic E-state index is 0.302. The number of aryl methyl sites for hydroxylation is 1. The Morgan fingerprint density at radius 2 is 1.96 bits per heavy atom. The number of carbonyl (C=O) groups is 1. The number of rotatable bonds is 5. The highest BCUT2D eigenvalue weighted by Crippen LogP contribution is 2.23. The summed E-state index contributed by atoms with van der Waals surface area (Å²) in [6.45, 7) is 3.71. The van der Waals surface area contributed by atoms with E-state index in [1.807, 2.05) is 24.3 Å². The van der Waals surface area contributed by atoms with Gasteiger partial charge >= 0.3 is 0 Å². The van der Waals surface area contributed by atoms with Gasteiger partial charge in [0.15, 0.2) is 5.82 Å². The molecule has 1 unspecified atom stereocenters. The Morgan fingerprint density at radius 1 is 1.21 bits per heavy atom. The summed E-state index contributed by atoms with van der Waals surface area (Å²) in [5, 5.41) is 7.56. The molecule has 0 saturated carbocycles. The Kier molecular flexibility index (Phi) is 5.25. The molecule has 1 aromatic carbocycles. The highest BCUT2D eigenvalue weighted by Gasteiger charge is 2.24. The van der Waals surface area contributed by atoms with Crippen molar-refractivity contribution < 1.29 is 9.32 Å². The monoisotopic (exact) mass is 397 g/mol. The summed E-state index contributed by atoms with van der Waals surface area (Å²) in [4.78, 5) is 23.7. The van der Waals surface area contributed by atoms with Crippen LogP contribution in [-0.4, -0.2) is 34.1 Å². The summed E-state index contributed by atoms with van der Waals surface area (Å²) in [5.74, 6) is 0.504. The Morgan fingerprint density at radius 3 is 2.64 bits per heavy atom. The van der Waals surface area contributed by atoms with Crippen molar-refractivity contribution >= 4 is 23.2 Å². The molecule has 4 rings (SSSR count). The molecule has 0 bridgehead atoms. The van der Waals surface area contributed by atoms with E-state index in [0.29, 0.717) is 22.4 Å². The fourth-order valence-electron chi connectivity index (χ4n) is 3.31. The van der Waals surface area contributed by atoms with Crippen molar-refractivity contribution in [2.45, 2.75) is 25.8 Å². The van der Waals surface area contributed by atoms with Crippen LogP contribution >= 0.6 is 11.6 Å². The summed E-state index contributed by atoms with van der Waals surface area (Å²) in [6.07, 6.45) is 4.00. The van der Waals surface area contributed by atoms with Crippen molar-refractivity contribution in [3.05, 3.63) is 70.6 Å². The molecule has 1 fully saturated rings. The average molecular weight is 398 g/mol. The van der Waals surface area contributed by atoms with E-state index in [2.05, 4.69) is 25.3 Å². The predicted octanol–water partition coefficient (Wildman–Crippen LogP) is 3.55. The zero-order valence-corrected chi connectivity index (χ0v) is 16.2. The molecular weight excluding hydrogens is 378 g/mol. The van der Waals surface area contributed by atoms with Crippen LogP contribution in [0.3, 0.4) is 0 Å². The highest BCUT2D eigenvalue weighted by molar-refractivity contribution is 6.30. The molecule has 3 aromatic rings.